The van der Waals surface area contributed by atoms with Crippen molar-refractivity contribution in [3.63, 3.8) is 0 Å². The Balaban J connectivity index is 2.72. The standard InChI is InChI=1S/C13H15FO4S/c1-19(16,17)7-6-18-13-9-11(4-2-3-5-15)8-12(14)10-13/h8-10,15H,3,5-7H2,1H3. The number of halogens is 1. The van der Waals surface area contributed by atoms with E-state index in [9.17, 15) is 12.8 Å². The minimum atomic E-state index is -3.11. The summed E-state index contributed by atoms with van der Waals surface area (Å²) in [6.07, 6.45) is 1.41. The molecule has 6 heteroatoms. The third-order valence-corrected chi connectivity index (χ3v) is 2.97. The molecule has 0 saturated carbocycles. The van der Waals surface area contributed by atoms with Crippen LogP contribution in [-0.2, 0) is 9.84 Å². The average molecular weight is 286 g/mol. The van der Waals surface area contributed by atoms with Crippen molar-refractivity contribution in [3.8, 4) is 17.6 Å². The lowest BCUT2D eigenvalue weighted by molar-refractivity contribution is 0.305. The van der Waals surface area contributed by atoms with Crippen LogP contribution in [0.25, 0.3) is 0 Å². The summed E-state index contributed by atoms with van der Waals surface area (Å²) in [5, 5.41) is 8.59. The third-order valence-electron chi connectivity index (χ3n) is 2.06. The normalized spacial score (nSPS) is 10.7. The Morgan fingerprint density at radius 1 is 1.37 bits per heavy atom. The van der Waals surface area contributed by atoms with Crippen molar-refractivity contribution in [2.45, 2.75) is 6.42 Å². The Morgan fingerprint density at radius 3 is 2.74 bits per heavy atom. The molecular weight excluding hydrogens is 271 g/mol. The summed E-state index contributed by atoms with van der Waals surface area (Å²) in [5.41, 5.74) is 0.419. The highest BCUT2D eigenvalue weighted by atomic mass is 32.2. The first-order valence-corrected chi connectivity index (χ1v) is 7.67. The van der Waals surface area contributed by atoms with Crippen LogP contribution >= 0.6 is 0 Å². The quantitative estimate of drug-likeness (QED) is 0.820. The molecule has 0 heterocycles. The highest BCUT2D eigenvalue weighted by Crippen LogP contribution is 2.16. The van der Waals surface area contributed by atoms with Gasteiger partial charge in [-0.25, -0.2) is 12.8 Å². The van der Waals surface area contributed by atoms with E-state index in [0.29, 0.717) is 12.0 Å². The zero-order chi connectivity index (χ0) is 14.3. The lowest BCUT2D eigenvalue weighted by Gasteiger charge is -2.06. The van der Waals surface area contributed by atoms with Crippen molar-refractivity contribution in [3.05, 3.63) is 29.6 Å². The van der Waals surface area contributed by atoms with Gasteiger partial charge in [-0.1, -0.05) is 11.8 Å². The van der Waals surface area contributed by atoms with E-state index in [1.165, 1.54) is 18.2 Å². The topological polar surface area (TPSA) is 63.6 Å². The number of aliphatic hydroxyl groups excluding tert-OH is 1. The van der Waals surface area contributed by atoms with E-state index in [4.69, 9.17) is 9.84 Å². The maximum Gasteiger partial charge on any atom is 0.150 e. The molecule has 0 atom stereocenters. The number of rotatable bonds is 5. The molecule has 0 aliphatic heterocycles. The molecule has 1 rings (SSSR count). The van der Waals surface area contributed by atoms with Gasteiger partial charge in [-0.05, 0) is 12.1 Å². The second-order valence-corrected chi connectivity index (χ2v) is 6.19. The van der Waals surface area contributed by atoms with E-state index < -0.39 is 15.7 Å². The smallest absolute Gasteiger partial charge is 0.150 e. The minimum Gasteiger partial charge on any atom is -0.492 e. The highest BCUT2D eigenvalue weighted by molar-refractivity contribution is 7.90. The Labute approximate surface area is 112 Å². The number of sulfone groups is 1. The van der Waals surface area contributed by atoms with E-state index in [2.05, 4.69) is 11.8 Å². The summed E-state index contributed by atoms with van der Waals surface area (Å²) in [7, 11) is -3.11. The average Bonchev–Trinajstić information content (AvgIpc) is 2.27. The summed E-state index contributed by atoms with van der Waals surface area (Å²) in [6, 6.07) is 3.93. The number of benzene rings is 1. The predicted octanol–water partition coefficient (Wildman–Crippen LogP) is 0.983. The van der Waals surface area contributed by atoms with Crippen molar-refractivity contribution in [2.75, 3.05) is 25.2 Å². The second kappa shape index (κ2) is 7.12. The van der Waals surface area contributed by atoms with Gasteiger partial charge in [-0.15, -0.1) is 0 Å². The first kappa shape index (κ1) is 15.5. The molecule has 19 heavy (non-hydrogen) atoms. The first-order chi connectivity index (χ1) is 8.90. The fourth-order valence-electron chi connectivity index (χ4n) is 1.25. The van der Waals surface area contributed by atoms with Gasteiger partial charge in [-0.3, -0.25) is 0 Å². The Hall–Kier alpha value is -1.58. The summed E-state index contributed by atoms with van der Waals surface area (Å²) in [5.74, 6) is 4.95. The molecule has 0 aliphatic carbocycles. The molecule has 0 bridgehead atoms. The van der Waals surface area contributed by atoms with E-state index in [1.807, 2.05) is 0 Å². The van der Waals surface area contributed by atoms with E-state index in [-0.39, 0.29) is 24.7 Å². The molecule has 0 unspecified atom stereocenters. The molecule has 1 aromatic rings. The van der Waals surface area contributed by atoms with Crippen LogP contribution in [0.15, 0.2) is 18.2 Å². The van der Waals surface area contributed by atoms with Crippen LogP contribution in [-0.4, -0.2) is 38.7 Å². The van der Waals surface area contributed by atoms with Crippen LogP contribution in [0.1, 0.15) is 12.0 Å². The molecule has 0 aliphatic rings. The molecular formula is C13H15FO4S. The zero-order valence-electron chi connectivity index (χ0n) is 10.5. The lowest BCUT2D eigenvalue weighted by atomic mass is 10.2. The van der Waals surface area contributed by atoms with Crippen molar-refractivity contribution in [1.29, 1.82) is 0 Å². The fraction of sp³-hybridized carbons (Fsp3) is 0.385. The molecule has 0 radical (unpaired) electrons. The molecule has 0 amide bonds. The van der Waals surface area contributed by atoms with Crippen LogP contribution < -0.4 is 4.74 Å². The van der Waals surface area contributed by atoms with Gasteiger partial charge in [0.15, 0.2) is 9.84 Å². The van der Waals surface area contributed by atoms with Gasteiger partial charge in [0.2, 0.25) is 0 Å². The fourth-order valence-corrected chi connectivity index (χ4v) is 1.64. The summed E-state index contributed by atoms with van der Waals surface area (Å²) in [4.78, 5) is 0. The Kier molecular flexibility index (Phi) is 5.80. The predicted molar refractivity (Wildman–Crippen MR) is 70.2 cm³/mol. The lowest BCUT2D eigenvalue weighted by Crippen LogP contribution is -2.12. The molecule has 0 spiro atoms. The van der Waals surface area contributed by atoms with Gasteiger partial charge in [-0.2, -0.15) is 0 Å². The van der Waals surface area contributed by atoms with Gasteiger partial charge >= 0.3 is 0 Å². The van der Waals surface area contributed by atoms with Crippen molar-refractivity contribution >= 4 is 9.84 Å². The van der Waals surface area contributed by atoms with Crippen LogP contribution in [0.5, 0.6) is 5.75 Å². The maximum atomic E-state index is 13.3. The summed E-state index contributed by atoms with van der Waals surface area (Å²) in [6.45, 7) is -0.0914. The number of aliphatic hydroxyl groups is 1. The van der Waals surface area contributed by atoms with E-state index in [0.717, 1.165) is 6.26 Å². The first-order valence-electron chi connectivity index (χ1n) is 5.61. The molecule has 1 aromatic carbocycles. The highest BCUT2D eigenvalue weighted by Gasteiger charge is 2.04. The van der Waals surface area contributed by atoms with Gasteiger partial charge in [0.25, 0.3) is 0 Å². The second-order valence-electron chi connectivity index (χ2n) is 3.93. The van der Waals surface area contributed by atoms with Crippen LogP contribution in [0, 0.1) is 17.7 Å². The molecule has 0 saturated heterocycles. The molecule has 0 aromatic heterocycles. The van der Waals surface area contributed by atoms with Crippen LogP contribution in [0.4, 0.5) is 4.39 Å². The number of hydrogen-bond acceptors (Lipinski definition) is 4. The molecule has 104 valence electrons. The van der Waals surface area contributed by atoms with Crippen molar-refractivity contribution in [2.24, 2.45) is 0 Å². The molecule has 4 nitrogen and oxygen atoms in total. The maximum absolute atomic E-state index is 13.3. The van der Waals surface area contributed by atoms with Gasteiger partial charge < -0.3 is 9.84 Å². The Morgan fingerprint density at radius 2 is 2.11 bits per heavy atom. The monoisotopic (exact) mass is 286 g/mol. The van der Waals surface area contributed by atoms with Crippen LogP contribution in [0.2, 0.25) is 0 Å². The minimum absolute atomic E-state index is 0.0359. The Bertz CT molecular complexity index is 584. The number of hydrogen-bond donors (Lipinski definition) is 1. The SMILES string of the molecule is CS(=O)(=O)CCOc1cc(F)cc(C#CCCO)c1. The summed E-state index contributed by atoms with van der Waals surface area (Å²) >= 11 is 0. The van der Waals surface area contributed by atoms with Gasteiger partial charge in [0.1, 0.15) is 18.2 Å². The van der Waals surface area contributed by atoms with E-state index in [1.54, 1.807) is 0 Å². The zero-order valence-corrected chi connectivity index (χ0v) is 11.3. The largest absolute Gasteiger partial charge is 0.492 e. The third kappa shape index (κ3) is 6.79. The molecule has 0 fully saturated rings. The van der Waals surface area contributed by atoms with E-state index >= 15 is 0 Å². The van der Waals surface area contributed by atoms with Crippen molar-refractivity contribution < 1.29 is 22.7 Å². The number of ether oxygens (including phenoxy) is 1. The van der Waals surface area contributed by atoms with Crippen LogP contribution in [0.3, 0.4) is 0 Å². The van der Waals surface area contributed by atoms with Crippen molar-refractivity contribution in [1.82, 2.24) is 0 Å². The van der Waals surface area contributed by atoms with Gasteiger partial charge in [0, 0.05) is 24.3 Å². The molecule has 1 N–H and O–H groups in total. The van der Waals surface area contributed by atoms with Gasteiger partial charge in [0.05, 0.1) is 12.4 Å². The summed E-state index contributed by atoms with van der Waals surface area (Å²) < 4.78 is 40.3.